The van der Waals surface area contributed by atoms with E-state index in [1.807, 2.05) is 26.8 Å². The van der Waals surface area contributed by atoms with E-state index in [1.165, 1.54) is 0 Å². The summed E-state index contributed by atoms with van der Waals surface area (Å²) in [5.74, 6) is 0.969. The zero-order valence-corrected chi connectivity index (χ0v) is 8.56. The number of hydrogen-bond acceptors (Lipinski definition) is 4. The molecule has 4 nitrogen and oxygen atoms in total. The van der Waals surface area contributed by atoms with Crippen LogP contribution in [0.3, 0.4) is 0 Å². The first kappa shape index (κ1) is 9.12. The molecule has 74 valence electrons. The molecular formula is C10H13N3O. The molecule has 1 aromatic rings. The van der Waals surface area contributed by atoms with Crippen LogP contribution in [0.2, 0.25) is 0 Å². The number of nitrogens with zero attached hydrogens (tertiary/aromatic N) is 3. The Bertz CT molecular complexity index is 470. The molecule has 1 aliphatic heterocycles. The fourth-order valence-corrected chi connectivity index (χ4v) is 1.21. The molecule has 0 N–H and O–H groups in total. The van der Waals surface area contributed by atoms with E-state index in [0.717, 1.165) is 0 Å². The van der Waals surface area contributed by atoms with E-state index in [2.05, 4.69) is 15.0 Å². The number of oxazole rings is 1. The second-order valence-electron chi connectivity index (χ2n) is 3.68. The van der Waals surface area contributed by atoms with Crippen LogP contribution < -0.4 is 11.0 Å². The smallest absolute Gasteiger partial charge is 0.266 e. The molecule has 2 heterocycles. The minimum Gasteiger partial charge on any atom is -0.421 e. The van der Waals surface area contributed by atoms with Crippen LogP contribution in [0.1, 0.15) is 32.6 Å². The summed E-state index contributed by atoms with van der Waals surface area (Å²) in [6, 6.07) is 0.116. The molecule has 1 aromatic heterocycles. The summed E-state index contributed by atoms with van der Waals surface area (Å²) >= 11 is 0. The van der Waals surface area contributed by atoms with E-state index in [9.17, 15) is 0 Å². The standard InChI is InChI=1S/C10H13N3O/c1-6(2)9-13-8-10(14-9)11-5-4-7(3)12-8/h4-7H,1-3H3. The van der Waals surface area contributed by atoms with Gasteiger partial charge in [-0.05, 0) is 13.0 Å². The van der Waals surface area contributed by atoms with Crippen molar-refractivity contribution >= 4 is 0 Å². The highest BCUT2D eigenvalue weighted by Crippen LogP contribution is 2.06. The van der Waals surface area contributed by atoms with E-state index < -0.39 is 0 Å². The predicted octanol–water partition coefficient (Wildman–Crippen LogP) is 0.953. The molecule has 0 amide bonds. The van der Waals surface area contributed by atoms with Crippen molar-refractivity contribution in [3.8, 4) is 0 Å². The maximum Gasteiger partial charge on any atom is 0.266 e. The van der Waals surface area contributed by atoms with Gasteiger partial charge in [-0.25, -0.2) is 4.99 Å². The third-order valence-corrected chi connectivity index (χ3v) is 1.98. The quantitative estimate of drug-likeness (QED) is 0.663. The lowest BCUT2D eigenvalue weighted by atomic mass is 10.2. The number of rotatable bonds is 1. The molecular weight excluding hydrogens is 178 g/mol. The Morgan fingerprint density at radius 1 is 1.43 bits per heavy atom. The minimum absolute atomic E-state index is 0.116. The highest BCUT2D eigenvalue weighted by atomic mass is 16.4. The maximum absolute atomic E-state index is 5.47. The third-order valence-electron chi connectivity index (χ3n) is 1.98. The van der Waals surface area contributed by atoms with E-state index in [-0.39, 0.29) is 12.0 Å². The highest BCUT2D eigenvalue weighted by molar-refractivity contribution is 4.96. The molecule has 0 saturated carbocycles. The van der Waals surface area contributed by atoms with Crippen molar-refractivity contribution in [2.45, 2.75) is 32.7 Å². The van der Waals surface area contributed by atoms with Crippen LogP contribution in [0.15, 0.2) is 26.7 Å². The van der Waals surface area contributed by atoms with Gasteiger partial charge in [0.2, 0.25) is 11.4 Å². The molecule has 1 aliphatic rings. The molecule has 1 unspecified atom stereocenters. The van der Waals surface area contributed by atoms with Crippen molar-refractivity contribution < 1.29 is 4.42 Å². The van der Waals surface area contributed by atoms with E-state index in [1.54, 1.807) is 6.20 Å². The Labute approximate surface area is 82.1 Å². The van der Waals surface area contributed by atoms with Crippen LogP contribution in [-0.4, -0.2) is 11.0 Å². The summed E-state index contributed by atoms with van der Waals surface area (Å²) in [4.78, 5) is 12.8. The molecule has 14 heavy (non-hydrogen) atoms. The summed E-state index contributed by atoms with van der Waals surface area (Å²) in [7, 11) is 0. The summed E-state index contributed by atoms with van der Waals surface area (Å²) in [5.41, 5.74) is 1.14. The van der Waals surface area contributed by atoms with Crippen LogP contribution >= 0.6 is 0 Å². The van der Waals surface area contributed by atoms with Crippen molar-refractivity contribution in [1.29, 1.82) is 0 Å². The average molecular weight is 191 g/mol. The lowest BCUT2D eigenvalue weighted by molar-refractivity contribution is 0.435. The van der Waals surface area contributed by atoms with Gasteiger partial charge in [0.05, 0.1) is 6.04 Å². The molecule has 1 atom stereocenters. The van der Waals surface area contributed by atoms with Gasteiger partial charge >= 0.3 is 0 Å². The van der Waals surface area contributed by atoms with Gasteiger partial charge in [-0.3, -0.25) is 4.99 Å². The average Bonchev–Trinajstić information content (AvgIpc) is 2.42. The van der Waals surface area contributed by atoms with Gasteiger partial charge in [0.25, 0.3) is 5.55 Å². The number of fused-ring (bicyclic) bond motifs is 1. The minimum atomic E-state index is 0.116. The second-order valence-corrected chi connectivity index (χ2v) is 3.68. The second kappa shape index (κ2) is 3.36. The lowest BCUT2D eigenvalue weighted by Crippen LogP contribution is -2.23. The molecule has 0 saturated heterocycles. The largest absolute Gasteiger partial charge is 0.421 e. The molecule has 0 spiro atoms. The number of aromatic nitrogens is 1. The Morgan fingerprint density at radius 2 is 2.21 bits per heavy atom. The summed E-state index contributed by atoms with van der Waals surface area (Å²) in [6.07, 6.45) is 3.63. The monoisotopic (exact) mass is 191 g/mol. The third kappa shape index (κ3) is 1.60. The molecule has 2 rings (SSSR count). The highest BCUT2D eigenvalue weighted by Gasteiger charge is 2.09. The van der Waals surface area contributed by atoms with Crippen molar-refractivity contribution in [3.63, 3.8) is 0 Å². The zero-order valence-electron chi connectivity index (χ0n) is 8.56. The molecule has 0 aromatic carbocycles. The van der Waals surface area contributed by atoms with Gasteiger partial charge < -0.3 is 4.42 Å². The van der Waals surface area contributed by atoms with Gasteiger partial charge in [0, 0.05) is 12.1 Å². The van der Waals surface area contributed by atoms with Gasteiger partial charge in [-0.2, -0.15) is 4.98 Å². The van der Waals surface area contributed by atoms with Crippen LogP contribution in [0.25, 0.3) is 0 Å². The van der Waals surface area contributed by atoms with Gasteiger partial charge in [0.15, 0.2) is 0 Å². The Morgan fingerprint density at radius 3 is 2.93 bits per heavy atom. The molecule has 0 radical (unpaired) electrons. The summed E-state index contributed by atoms with van der Waals surface area (Å²) < 4.78 is 5.47. The van der Waals surface area contributed by atoms with Crippen molar-refractivity contribution in [1.82, 2.24) is 4.98 Å². The van der Waals surface area contributed by atoms with Crippen molar-refractivity contribution in [2.75, 3.05) is 0 Å². The van der Waals surface area contributed by atoms with Crippen LogP contribution in [0.4, 0.5) is 0 Å². The maximum atomic E-state index is 5.47. The van der Waals surface area contributed by atoms with Crippen LogP contribution in [0.5, 0.6) is 0 Å². The van der Waals surface area contributed by atoms with Gasteiger partial charge in [0.1, 0.15) is 0 Å². The van der Waals surface area contributed by atoms with E-state index in [4.69, 9.17) is 4.42 Å². The van der Waals surface area contributed by atoms with Crippen LogP contribution in [-0.2, 0) is 0 Å². The Balaban J connectivity index is 2.61. The normalized spacial score (nSPS) is 19.9. The van der Waals surface area contributed by atoms with Crippen molar-refractivity contribution in [2.24, 2.45) is 9.98 Å². The van der Waals surface area contributed by atoms with E-state index >= 15 is 0 Å². The zero-order chi connectivity index (χ0) is 10.1. The first-order valence-electron chi connectivity index (χ1n) is 4.76. The van der Waals surface area contributed by atoms with Gasteiger partial charge in [-0.1, -0.05) is 13.8 Å². The molecule has 0 fully saturated rings. The first-order valence-corrected chi connectivity index (χ1v) is 4.76. The van der Waals surface area contributed by atoms with Crippen molar-refractivity contribution in [3.05, 3.63) is 29.2 Å². The molecule has 4 heteroatoms. The topological polar surface area (TPSA) is 50.8 Å². The first-order chi connectivity index (χ1) is 6.66. The Hall–Kier alpha value is -1.45. The van der Waals surface area contributed by atoms with Gasteiger partial charge in [-0.15, -0.1) is 0 Å². The van der Waals surface area contributed by atoms with E-state index in [0.29, 0.717) is 16.9 Å². The summed E-state index contributed by atoms with van der Waals surface area (Å²) in [5, 5.41) is 0. The van der Waals surface area contributed by atoms with Crippen LogP contribution in [0, 0.1) is 0 Å². The number of hydrogen-bond donors (Lipinski definition) is 0. The Kier molecular flexibility index (Phi) is 2.19. The lowest BCUT2D eigenvalue weighted by Gasteiger charge is -1.94. The fourth-order valence-electron chi connectivity index (χ4n) is 1.21. The molecule has 0 aliphatic carbocycles. The predicted molar refractivity (Wildman–Crippen MR) is 51.5 cm³/mol. The molecule has 0 bridgehead atoms. The summed E-state index contributed by atoms with van der Waals surface area (Å²) in [6.45, 7) is 6.06. The SMILES string of the molecule is CC1C=CN=c2oc(C(C)C)nc2=N1. The fraction of sp³-hybridized carbons (Fsp3) is 0.500.